The van der Waals surface area contributed by atoms with Crippen molar-refractivity contribution in [2.75, 3.05) is 38.7 Å². The van der Waals surface area contributed by atoms with E-state index in [0.717, 1.165) is 17.1 Å². The molecule has 0 spiro atoms. The molecule has 1 atom stereocenters. The zero-order valence-electron chi connectivity index (χ0n) is 14.1. The standard InChI is InChI=1S/C17H21N5O2/c1-12-9-13(21(2)3)10-14(20-12)15-11-22(7-8-24-15)17(23)16-18-5-4-6-19-16/h4-6,9-10,15H,7-8,11H2,1-3H3. The number of anilines is 1. The number of carbonyl (C=O) groups is 1. The minimum Gasteiger partial charge on any atom is -0.378 e. The number of aromatic nitrogens is 3. The van der Waals surface area contributed by atoms with Crippen molar-refractivity contribution in [1.29, 1.82) is 0 Å². The Morgan fingerprint density at radius 1 is 1.29 bits per heavy atom. The van der Waals surface area contributed by atoms with Gasteiger partial charge in [0.05, 0.1) is 18.8 Å². The Hall–Kier alpha value is -2.54. The summed E-state index contributed by atoms with van der Waals surface area (Å²) >= 11 is 0. The molecule has 0 bridgehead atoms. The van der Waals surface area contributed by atoms with Gasteiger partial charge in [-0.15, -0.1) is 0 Å². The van der Waals surface area contributed by atoms with Crippen LogP contribution in [0.4, 0.5) is 5.69 Å². The van der Waals surface area contributed by atoms with E-state index >= 15 is 0 Å². The molecule has 1 fully saturated rings. The highest BCUT2D eigenvalue weighted by molar-refractivity contribution is 5.90. The third-order valence-corrected chi connectivity index (χ3v) is 3.91. The Morgan fingerprint density at radius 2 is 2.04 bits per heavy atom. The SMILES string of the molecule is Cc1cc(N(C)C)cc(C2CN(C(=O)c3ncccn3)CCO2)n1. The molecular weight excluding hydrogens is 306 g/mol. The van der Waals surface area contributed by atoms with Gasteiger partial charge < -0.3 is 14.5 Å². The fourth-order valence-corrected chi connectivity index (χ4v) is 2.66. The number of pyridine rings is 1. The number of carbonyl (C=O) groups excluding carboxylic acids is 1. The molecule has 7 heteroatoms. The summed E-state index contributed by atoms with van der Waals surface area (Å²) in [5.41, 5.74) is 2.83. The maximum atomic E-state index is 12.5. The summed E-state index contributed by atoms with van der Waals surface area (Å²) in [6.07, 6.45) is 2.90. The number of aryl methyl sites for hydroxylation is 1. The van der Waals surface area contributed by atoms with Crippen molar-refractivity contribution in [3.8, 4) is 0 Å². The average molecular weight is 327 g/mol. The number of amides is 1. The van der Waals surface area contributed by atoms with Crippen LogP contribution in [0.15, 0.2) is 30.6 Å². The fourth-order valence-electron chi connectivity index (χ4n) is 2.66. The lowest BCUT2D eigenvalue weighted by Crippen LogP contribution is -2.43. The molecule has 3 heterocycles. The van der Waals surface area contributed by atoms with Gasteiger partial charge in [-0.05, 0) is 25.1 Å². The van der Waals surface area contributed by atoms with Crippen molar-refractivity contribution in [1.82, 2.24) is 19.9 Å². The molecule has 1 unspecified atom stereocenters. The summed E-state index contributed by atoms with van der Waals surface area (Å²) in [5, 5.41) is 0. The van der Waals surface area contributed by atoms with Crippen LogP contribution in [0.1, 0.15) is 28.1 Å². The number of ether oxygens (including phenoxy) is 1. The fraction of sp³-hybridized carbons (Fsp3) is 0.412. The van der Waals surface area contributed by atoms with Crippen molar-refractivity contribution in [3.05, 3.63) is 47.8 Å². The van der Waals surface area contributed by atoms with E-state index < -0.39 is 0 Å². The molecule has 0 N–H and O–H groups in total. The number of hydrogen-bond acceptors (Lipinski definition) is 6. The van der Waals surface area contributed by atoms with Gasteiger partial charge in [0.1, 0.15) is 6.10 Å². The Labute approximate surface area is 141 Å². The van der Waals surface area contributed by atoms with Gasteiger partial charge in [0.25, 0.3) is 5.91 Å². The molecular formula is C17H21N5O2. The third-order valence-electron chi connectivity index (χ3n) is 3.91. The van der Waals surface area contributed by atoms with Crippen LogP contribution in [0, 0.1) is 6.92 Å². The molecule has 0 saturated carbocycles. The molecule has 1 saturated heterocycles. The van der Waals surface area contributed by atoms with Crippen LogP contribution in [0.25, 0.3) is 0 Å². The summed E-state index contributed by atoms with van der Waals surface area (Å²) < 4.78 is 5.85. The lowest BCUT2D eigenvalue weighted by atomic mass is 10.1. The molecule has 0 radical (unpaired) electrons. The molecule has 2 aromatic heterocycles. The minimum atomic E-state index is -0.245. The molecule has 24 heavy (non-hydrogen) atoms. The maximum Gasteiger partial charge on any atom is 0.291 e. The molecule has 0 aliphatic carbocycles. The van der Waals surface area contributed by atoms with E-state index in [2.05, 4.69) is 15.0 Å². The highest BCUT2D eigenvalue weighted by Gasteiger charge is 2.28. The van der Waals surface area contributed by atoms with E-state index in [1.165, 1.54) is 0 Å². The quantitative estimate of drug-likeness (QED) is 0.850. The summed E-state index contributed by atoms with van der Waals surface area (Å²) in [4.78, 5) is 29.0. The highest BCUT2D eigenvalue weighted by atomic mass is 16.5. The molecule has 3 rings (SSSR count). The van der Waals surface area contributed by atoms with Gasteiger partial charge >= 0.3 is 0 Å². The van der Waals surface area contributed by atoms with Crippen molar-refractivity contribution in [3.63, 3.8) is 0 Å². The predicted octanol–water partition coefficient (Wildman–Crippen LogP) is 1.46. The molecule has 126 valence electrons. The highest BCUT2D eigenvalue weighted by Crippen LogP contribution is 2.25. The van der Waals surface area contributed by atoms with Crippen LogP contribution >= 0.6 is 0 Å². The van der Waals surface area contributed by atoms with Gasteiger partial charge in [0.15, 0.2) is 0 Å². The average Bonchev–Trinajstić information content (AvgIpc) is 2.61. The summed E-state index contributed by atoms with van der Waals surface area (Å²) in [6, 6.07) is 5.72. The smallest absolute Gasteiger partial charge is 0.291 e. The second kappa shape index (κ2) is 6.92. The molecule has 1 amide bonds. The second-order valence-electron chi connectivity index (χ2n) is 5.97. The van der Waals surface area contributed by atoms with Gasteiger partial charge in [-0.1, -0.05) is 0 Å². The van der Waals surface area contributed by atoms with Gasteiger partial charge in [0, 0.05) is 44.4 Å². The van der Waals surface area contributed by atoms with Crippen LogP contribution in [0.5, 0.6) is 0 Å². The maximum absolute atomic E-state index is 12.5. The Kier molecular flexibility index (Phi) is 4.71. The van der Waals surface area contributed by atoms with E-state index in [-0.39, 0.29) is 17.8 Å². The van der Waals surface area contributed by atoms with Crippen LogP contribution in [0.2, 0.25) is 0 Å². The largest absolute Gasteiger partial charge is 0.378 e. The Balaban J connectivity index is 1.80. The lowest BCUT2D eigenvalue weighted by molar-refractivity contribution is -0.0251. The number of rotatable bonds is 3. The lowest BCUT2D eigenvalue weighted by Gasteiger charge is -2.32. The van der Waals surface area contributed by atoms with Crippen LogP contribution in [0.3, 0.4) is 0 Å². The van der Waals surface area contributed by atoms with Crippen molar-refractivity contribution < 1.29 is 9.53 Å². The third kappa shape index (κ3) is 3.51. The molecule has 0 aromatic carbocycles. The van der Waals surface area contributed by atoms with E-state index in [9.17, 15) is 4.79 Å². The van der Waals surface area contributed by atoms with Gasteiger partial charge in [0.2, 0.25) is 5.82 Å². The Morgan fingerprint density at radius 3 is 2.75 bits per heavy atom. The number of hydrogen-bond donors (Lipinski definition) is 0. The first kappa shape index (κ1) is 16.3. The molecule has 1 aliphatic rings. The van der Waals surface area contributed by atoms with Crippen molar-refractivity contribution in [2.24, 2.45) is 0 Å². The second-order valence-corrected chi connectivity index (χ2v) is 5.97. The van der Waals surface area contributed by atoms with Crippen LogP contribution in [-0.2, 0) is 4.74 Å². The van der Waals surface area contributed by atoms with Crippen molar-refractivity contribution >= 4 is 11.6 Å². The first-order valence-corrected chi connectivity index (χ1v) is 7.88. The first-order valence-electron chi connectivity index (χ1n) is 7.88. The number of morpholine rings is 1. The van der Waals surface area contributed by atoms with Crippen LogP contribution < -0.4 is 4.90 Å². The van der Waals surface area contributed by atoms with Crippen molar-refractivity contribution in [2.45, 2.75) is 13.0 Å². The molecule has 2 aromatic rings. The first-order chi connectivity index (χ1) is 11.5. The Bertz CT molecular complexity index is 720. The topological polar surface area (TPSA) is 71.5 Å². The monoisotopic (exact) mass is 327 g/mol. The normalized spacial score (nSPS) is 17.6. The van der Waals surface area contributed by atoms with Gasteiger partial charge in [-0.25, -0.2) is 9.97 Å². The summed E-state index contributed by atoms with van der Waals surface area (Å²) in [5.74, 6) is 0.0359. The van der Waals surface area contributed by atoms with Crippen LogP contribution in [-0.4, -0.2) is 59.6 Å². The summed E-state index contributed by atoms with van der Waals surface area (Å²) in [6.45, 7) is 3.40. The van der Waals surface area contributed by atoms with Gasteiger partial charge in [-0.2, -0.15) is 0 Å². The minimum absolute atomic E-state index is 0.176. The van der Waals surface area contributed by atoms with Gasteiger partial charge in [-0.3, -0.25) is 9.78 Å². The molecule has 7 nitrogen and oxygen atoms in total. The zero-order chi connectivity index (χ0) is 17.1. The molecule has 1 aliphatic heterocycles. The van der Waals surface area contributed by atoms with E-state index in [4.69, 9.17) is 4.74 Å². The predicted molar refractivity (Wildman–Crippen MR) is 89.9 cm³/mol. The zero-order valence-corrected chi connectivity index (χ0v) is 14.1. The number of nitrogens with zero attached hydrogens (tertiary/aromatic N) is 5. The van der Waals surface area contributed by atoms with E-state index in [1.54, 1.807) is 23.4 Å². The van der Waals surface area contributed by atoms with E-state index in [0.29, 0.717) is 19.7 Å². The summed E-state index contributed by atoms with van der Waals surface area (Å²) in [7, 11) is 3.98. The van der Waals surface area contributed by atoms with E-state index in [1.807, 2.05) is 38.1 Å².